The summed E-state index contributed by atoms with van der Waals surface area (Å²) in [7, 11) is 0. The number of non-ortho nitro benzene ring substituents is 2. The lowest BCUT2D eigenvalue weighted by Crippen LogP contribution is -2.26. The summed E-state index contributed by atoms with van der Waals surface area (Å²) in [4.78, 5) is 23.2. The van der Waals surface area contributed by atoms with Crippen LogP contribution in [0.4, 0.5) is 21.5 Å². The van der Waals surface area contributed by atoms with Gasteiger partial charge in [-0.15, -0.1) is 0 Å². The van der Waals surface area contributed by atoms with Gasteiger partial charge in [-0.2, -0.15) is 0 Å². The van der Waals surface area contributed by atoms with Gasteiger partial charge in [0.1, 0.15) is 5.82 Å². The lowest BCUT2D eigenvalue weighted by Gasteiger charge is -2.33. The minimum absolute atomic E-state index is 0.0250. The molecule has 0 bridgehead atoms. The van der Waals surface area contributed by atoms with Gasteiger partial charge in [0.05, 0.1) is 21.9 Å². The molecule has 3 aromatic carbocycles. The van der Waals surface area contributed by atoms with Crippen molar-refractivity contribution >= 4 is 17.1 Å². The van der Waals surface area contributed by atoms with Crippen LogP contribution in [0.5, 0.6) is 0 Å². The van der Waals surface area contributed by atoms with Crippen molar-refractivity contribution < 1.29 is 14.2 Å². The summed E-state index contributed by atoms with van der Waals surface area (Å²) in [6, 6.07) is 19.0. The molecule has 7 nitrogen and oxygen atoms in total. The first-order chi connectivity index (χ1) is 14.4. The molecule has 1 unspecified atom stereocenters. The van der Waals surface area contributed by atoms with Crippen LogP contribution in [0.3, 0.4) is 0 Å². The van der Waals surface area contributed by atoms with E-state index < -0.39 is 9.85 Å². The highest BCUT2D eigenvalue weighted by atomic mass is 19.1. The Balaban J connectivity index is 1.72. The van der Waals surface area contributed by atoms with Crippen LogP contribution in [0.2, 0.25) is 0 Å². The lowest BCUT2D eigenvalue weighted by molar-refractivity contribution is -0.385. The molecule has 1 aliphatic heterocycles. The molecule has 30 heavy (non-hydrogen) atoms. The maximum absolute atomic E-state index is 13.5. The van der Waals surface area contributed by atoms with E-state index in [2.05, 4.69) is 4.90 Å². The molecular formula is C22H18FN3O4. The Morgan fingerprint density at radius 2 is 1.10 bits per heavy atom. The standard InChI is InChI=1S/C22H18FN3O4/c23-17-5-11-18(12-6-17)24-21(15-1-7-19(8-2-15)25(27)28)13-14-22(24)16-3-9-20(10-4-16)26(29)30/h1-12,21-22H,13-14H2/t21-,22?/m1/s1. The number of hydrogen-bond acceptors (Lipinski definition) is 5. The molecule has 0 radical (unpaired) electrons. The van der Waals surface area contributed by atoms with E-state index in [0.29, 0.717) is 0 Å². The van der Waals surface area contributed by atoms with E-state index in [4.69, 9.17) is 0 Å². The zero-order valence-corrected chi connectivity index (χ0v) is 15.8. The zero-order chi connectivity index (χ0) is 21.3. The van der Waals surface area contributed by atoms with Crippen molar-refractivity contribution in [3.05, 3.63) is 110 Å². The second-order valence-corrected chi connectivity index (χ2v) is 7.19. The Kier molecular flexibility index (Phi) is 5.14. The van der Waals surface area contributed by atoms with E-state index in [-0.39, 0.29) is 29.3 Å². The van der Waals surface area contributed by atoms with Gasteiger partial charge in [-0.25, -0.2) is 4.39 Å². The predicted molar refractivity (Wildman–Crippen MR) is 110 cm³/mol. The number of nitro benzene ring substituents is 2. The second kappa shape index (κ2) is 7.90. The van der Waals surface area contributed by atoms with E-state index in [1.54, 1.807) is 36.4 Å². The summed E-state index contributed by atoms with van der Waals surface area (Å²) < 4.78 is 13.5. The predicted octanol–water partition coefficient (Wildman–Crippen LogP) is 5.72. The highest BCUT2D eigenvalue weighted by Gasteiger charge is 2.35. The molecule has 0 amide bonds. The van der Waals surface area contributed by atoms with Gasteiger partial charge in [0.2, 0.25) is 0 Å². The van der Waals surface area contributed by atoms with Crippen molar-refractivity contribution in [3.8, 4) is 0 Å². The first kappa shape index (κ1) is 19.5. The van der Waals surface area contributed by atoms with Crippen LogP contribution in [-0.4, -0.2) is 9.85 Å². The minimum Gasteiger partial charge on any atom is -0.357 e. The van der Waals surface area contributed by atoms with Crippen LogP contribution in [0.15, 0.2) is 72.8 Å². The molecule has 0 aromatic heterocycles. The smallest absolute Gasteiger partial charge is 0.269 e. The average molecular weight is 407 g/mol. The molecule has 4 rings (SSSR count). The number of anilines is 1. The molecule has 0 spiro atoms. The molecule has 0 saturated carbocycles. The number of nitrogens with zero attached hydrogens (tertiary/aromatic N) is 3. The molecule has 3 aromatic rings. The van der Waals surface area contributed by atoms with Gasteiger partial charge in [-0.1, -0.05) is 24.3 Å². The Hall–Kier alpha value is -3.81. The Morgan fingerprint density at radius 3 is 1.47 bits per heavy atom. The summed E-state index contributed by atoms with van der Waals surface area (Å²) in [5, 5.41) is 22.0. The van der Waals surface area contributed by atoms with Crippen LogP contribution >= 0.6 is 0 Å². The van der Waals surface area contributed by atoms with Crippen molar-refractivity contribution in [2.45, 2.75) is 24.9 Å². The number of rotatable bonds is 5. The van der Waals surface area contributed by atoms with Crippen molar-refractivity contribution in [1.29, 1.82) is 0 Å². The van der Waals surface area contributed by atoms with E-state index >= 15 is 0 Å². The van der Waals surface area contributed by atoms with Crippen molar-refractivity contribution in [1.82, 2.24) is 0 Å². The third-order valence-electron chi connectivity index (χ3n) is 5.49. The van der Waals surface area contributed by atoms with Crippen molar-refractivity contribution in [3.63, 3.8) is 0 Å². The summed E-state index contributed by atoms with van der Waals surface area (Å²) in [5.41, 5.74) is 2.72. The van der Waals surface area contributed by atoms with Crippen LogP contribution in [0.25, 0.3) is 0 Å². The molecule has 8 heteroatoms. The normalized spacial score (nSPS) is 18.4. The molecule has 1 heterocycles. The summed E-state index contributed by atoms with van der Waals surface area (Å²) in [6.45, 7) is 0. The zero-order valence-electron chi connectivity index (χ0n) is 15.8. The second-order valence-electron chi connectivity index (χ2n) is 7.19. The number of halogens is 1. The van der Waals surface area contributed by atoms with Crippen LogP contribution in [-0.2, 0) is 0 Å². The number of nitro groups is 2. The molecule has 0 aliphatic carbocycles. The number of benzene rings is 3. The van der Waals surface area contributed by atoms with Crippen molar-refractivity contribution in [2.75, 3.05) is 4.90 Å². The first-order valence-corrected chi connectivity index (χ1v) is 9.46. The fraction of sp³-hybridized carbons (Fsp3) is 0.182. The Bertz CT molecular complexity index is 1000. The average Bonchev–Trinajstić information content (AvgIpc) is 3.19. The number of hydrogen-bond donors (Lipinski definition) is 0. The largest absolute Gasteiger partial charge is 0.357 e. The third kappa shape index (κ3) is 3.71. The van der Waals surface area contributed by atoms with Crippen LogP contribution < -0.4 is 4.90 Å². The fourth-order valence-corrected chi connectivity index (χ4v) is 4.08. The molecule has 2 atom stereocenters. The van der Waals surface area contributed by atoms with Gasteiger partial charge in [-0.3, -0.25) is 20.2 Å². The van der Waals surface area contributed by atoms with E-state index in [1.807, 2.05) is 0 Å². The Labute approximate surface area is 171 Å². The van der Waals surface area contributed by atoms with E-state index in [9.17, 15) is 24.6 Å². The lowest BCUT2D eigenvalue weighted by atomic mass is 10.0. The summed E-state index contributed by atoms with van der Waals surface area (Å²) >= 11 is 0. The molecule has 1 fully saturated rings. The molecule has 0 N–H and O–H groups in total. The topological polar surface area (TPSA) is 89.5 Å². The quantitative estimate of drug-likeness (QED) is 0.398. The first-order valence-electron chi connectivity index (χ1n) is 9.46. The maximum atomic E-state index is 13.5. The van der Waals surface area contributed by atoms with Gasteiger partial charge in [0, 0.05) is 30.0 Å². The van der Waals surface area contributed by atoms with Gasteiger partial charge in [0.25, 0.3) is 11.4 Å². The highest BCUT2D eigenvalue weighted by Crippen LogP contribution is 2.47. The minimum atomic E-state index is -0.435. The molecular weight excluding hydrogens is 389 g/mol. The van der Waals surface area contributed by atoms with Crippen LogP contribution in [0, 0.1) is 26.0 Å². The Morgan fingerprint density at radius 1 is 0.700 bits per heavy atom. The van der Waals surface area contributed by atoms with Crippen LogP contribution in [0.1, 0.15) is 36.1 Å². The van der Waals surface area contributed by atoms with Gasteiger partial charge < -0.3 is 4.90 Å². The maximum Gasteiger partial charge on any atom is 0.269 e. The molecule has 1 aliphatic rings. The van der Waals surface area contributed by atoms with E-state index in [1.165, 1.54) is 36.4 Å². The van der Waals surface area contributed by atoms with E-state index in [0.717, 1.165) is 29.7 Å². The molecule has 1 saturated heterocycles. The monoisotopic (exact) mass is 407 g/mol. The van der Waals surface area contributed by atoms with Gasteiger partial charge in [0.15, 0.2) is 0 Å². The third-order valence-corrected chi connectivity index (χ3v) is 5.49. The SMILES string of the molecule is O=[N+]([O-])c1ccc(C2CC[C@H](c3ccc([N+](=O)[O-])cc3)N2c2ccc(F)cc2)cc1. The molecule has 152 valence electrons. The van der Waals surface area contributed by atoms with Gasteiger partial charge >= 0.3 is 0 Å². The van der Waals surface area contributed by atoms with Gasteiger partial charge in [-0.05, 0) is 48.2 Å². The van der Waals surface area contributed by atoms with Crippen molar-refractivity contribution in [2.24, 2.45) is 0 Å². The summed E-state index contributed by atoms with van der Waals surface area (Å²) in [6.07, 6.45) is 1.58. The fourth-order valence-electron chi connectivity index (χ4n) is 4.08. The highest BCUT2D eigenvalue weighted by molar-refractivity contribution is 5.54. The summed E-state index contributed by atoms with van der Waals surface area (Å²) in [5.74, 6) is -0.336.